The van der Waals surface area contributed by atoms with Crippen molar-refractivity contribution in [2.75, 3.05) is 26.2 Å². The zero-order valence-electron chi connectivity index (χ0n) is 14.5. The third-order valence-corrected chi connectivity index (χ3v) is 4.11. The number of benzene rings is 1. The number of rotatable bonds is 11. The standard InChI is InChI=1S/C19H34N2/c1-5-8-14-21(15-9-6-2)16-19(20-7-3)18-13-11-10-12-17(18)4/h10-13,19-20H,5-9,14-16H2,1-4H3. The number of unbranched alkanes of at least 4 members (excludes halogenated alkanes) is 2. The van der Waals surface area contributed by atoms with Gasteiger partial charge < -0.3 is 10.2 Å². The lowest BCUT2D eigenvalue weighted by Gasteiger charge is -2.29. The van der Waals surface area contributed by atoms with Gasteiger partial charge in [-0.25, -0.2) is 0 Å². The summed E-state index contributed by atoms with van der Waals surface area (Å²) in [6.45, 7) is 13.6. The lowest BCUT2D eigenvalue weighted by Crippen LogP contribution is -2.36. The molecule has 1 aromatic carbocycles. The third-order valence-electron chi connectivity index (χ3n) is 4.11. The molecule has 1 atom stereocenters. The number of likely N-dealkylation sites (N-methyl/N-ethyl adjacent to an activating group) is 1. The van der Waals surface area contributed by atoms with Crippen molar-refractivity contribution >= 4 is 0 Å². The van der Waals surface area contributed by atoms with Crippen LogP contribution in [0.25, 0.3) is 0 Å². The zero-order valence-corrected chi connectivity index (χ0v) is 14.5. The van der Waals surface area contributed by atoms with Gasteiger partial charge in [0.1, 0.15) is 0 Å². The van der Waals surface area contributed by atoms with Gasteiger partial charge in [-0.2, -0.15) is 0 Å². The second-order valence-corrected chi connectivity index (χ2v) is 5.97. The molecule has 0 fully saturated rings. The van der Waals surface area contributed by atoms with Crippen LogP contribution in [0.15, 0.2) is 24.3 Å². The minimum absolute atomic E-state index is 0.449. The molecule has 1 aromatic rings. The van der Waals surface area contributed by atoms with E-state index in [1.807, 2.05) is 0 Å². The van der Waals surface area contributed by atoms with Crippen LogP contribution in [0.2, 0.25) is 0 Å². The van der Waals surface area contributed by atoms with Crippen LogP contribution < -0.4 is 5.32 Å². The molecule has 0 aromatic heterocycles. The SMILES string of the molecule is CCCCN(CCCC)CC(NCC)c1ccccc1C. The Bertz CT molecular complexity index is 368. The monoisotopic (exact) mass is 290 g/mol. The van der Waals surface area contributed by atoms with E-state index in [-0.39, 0.29) is 0 Å². The van der Waals surface area contributed by atoms with Crippen molar-refractivity contribution in [2.24, 2.45) is 0 Å². The van der Waals surface area contributed by atoms with E-state index >= 15 is 0 Å². The van der Waals surface area contributed by atoms with Gasteiger partial charge in [-0.3, -0.25) is 0 Å². The first-order valence-electron chi connectivity index (χ1n) is 8.74. The molecule has 2 heteroatoms. The zero-order chi connectivity index (χ0) is 15.5. The van der Waals surface area contributed by atoms with Crippen molar-refractivity contribution in [1.82, 2.24) is 10.2 Å². The first-order valence-corrected chi connectivity index (χ1v) is 8.74. The van der Waals surface area contributed by atoms with Crippen molar-refractivity contribution < 1.29 is 0 Å². The normalized spacial score (nSPS) is 12.8. The lowest BCUT2D eigenvalue weighted by molar-refractivity contribution is 0.236. The summed E-state index contributed by atoms with van der Waals surface area (Å²) in [4.78, 5) is 2.65. The third kappa shape index (κ3) is 6.62. The van der Waals surface area contributed by atoms with E-state index in [1.54, 1.807) is 0 Å². The Morgan fingerprint density at radius 2 is 1.62 bits per heavy atom. The molecule has 0 aliphatic heterocycles. The fourth-order valence-corrected chi connectivity index (χ4v) is 2.81. The molecule has 0 heterocycles. The summed E-state index contributed by atoms with van der Waals surface area (Å²) >= 11 is 0. The first kappa shape index (κ1) is 18.2. The molecule has 0 spiro atoms. The smallest absolute Gasteiger partial charge is 0.0451 e. The summed E-state index contributed by atoms with van der Waals surface area (Å²) < 4.78 is 0. The van der Waals surface area contributed by atoms with Crippen LogP contribution in [0.5, 0.6) is 0 Å². The highest BCUT2D eigenvalue weighted by Gasteiger charge is 2.16. The molecule has 21 heavy (non-hydrogen) atoms. The Labute approximate surface area is 131 Å². The maximum Gasteiger partial charge on any atom is 0.0451 e. The fourth-order valence-electron chi connectivity index (χ4n) is 2.81. The van der Waals surface area contributed by atoms with Crippen LogP contribution in [0.3, 0.4) is 0 Å². The van der Waals surface area contributed by atoms with Crippen molar-refractivity contribution in [2.45, 2.75) is 59.4 Å². The maximum absolute atomic E-state index is 3.68. The van der Waals surface area contributed by atoms with Crippen molar-refractivity contribution in [3.05, 3.63) is 35.4 Å². The minimum Gasteiger partial charge on any atom is -0.309 e. The van der Waals surface area contributed by atoms with Crippen molar-refractivity contribution in [3.63, 3.8) is 0 Å². The molecule has 1 unspecified atom stereocenters. The summed E-state index contributed by atoms with van der Waals surface area (Å²) in [7, 11) is 0. The quantitative estimate of drug-likeness (QED) is 0.643. The minimum atomic E-state index is 0.449. The average Bonchev–Trinajstić information content (AvgIpc) is 2.49. The molecular weight excluding hydrogens is 256 g/mol. The first-order chi connectivity index (χ1) is 10.2. The highest BCUT2D eigenvalue weighted by atomic mass is 15.1. The van der Waals surface area contributed by atoms with Gasteiger partial charge in [-0.15, -0.1) is 0 Å². The molecule has 0 aliphatic carbocycles. The number of hydrogen-bond acceptors (Lipinski definition) is 2. The van der Waals surface area contributed by atoms with Gasteiger partial charge in [0.2, 0.25) is 0 Å². The summed E-state index contributed by atoms with van der Waals surface area (Å²) in [6.07, 6.45) is 5.16. The average molecular weight is 290 g/mol. The van der Waals surface area contributed by atoms with Crippen LogP contribution in [0.1, 0.15) is 63.6 Å². The van der Waals surface area contributed by atoms with Crippen LogP contribution >= 0.6 is 0 Å². The highest BCUT2D eigenvalue weighted by molar-refractivity contribution is 5.29. The van der Waals surface area contributed by atoms with Crippen molar-refractivity contribution in [3.8, 4) is 0 Å². The maximum atomic E-state index is 3.68. The van der Waals surface area contributed by atoms with Crippen LogP contribution in [-0.2, 0) is 0 Å². The molecule has 120 valence electrons. The van der Waals surface area contributed by atoms with Gasteiger partial charge in [-0.05, 0) is 50.5 Å². The van der Waals surface area contributed by atoms with Crippen LogP contribution in [0.4, 0.5) is 0 Å². The van der Waals surface area contributed by atoms with Gasteiger partial charge in [-0.1, -0.05) is 57.9 Å². The van der Waals surface area contributed by atoms with E-state index < -0.39 is 0 Å². The predicted octanol–water partition coefficient (Wildman–Crippen LogP) is 4.55. The number of aryl methyl sites for hydroxylation is 1. The Balaban J connectivity index is 2.75. The van der Waals surface area contributed by atoms with E-state index in [2.05, 4.69) is 62.2 Å². The fraction of sp³-hybridized carbons (Fsp3) is 0.684. The number of nitrogens with one attached hydrogen (secondary N) is 1. The molecule has 0 aliphatic rings. The molecular formula is C19H34N2. The second-order valence-electron chi connectivity index (χ2n) is 5.97. The summed E-state index contributed by atoms with van der Waals surface area (Å²) in [5.74, 6) is 0. The number of hydrogen-bond donors (Lipinski definition) is 1. The molecule has 0 radical (unpaired) electrons. The second kappa shape index (κ2) is 10.8. The van der Waals surface area contributed by atoms with Gasteiger partial charge in [0.25, 0.3) is 0 Å². The predicted molar refractivity (Wildman–Crippen MR) is 93.9 cm³/mol. The van der Waals surface area contributed by atoms with Gasteiger partial charge >= 0.3 is 0 Å². The summed E-state index contributed by atoms with van der Waals surface area (Å²) in [5, 5.41) is 3.68. The molecule has 0 saturated heterocycles. The topological polar surface area (TPSA) is 15.3 Å². The molecule has 0 saturated carbocycles. The Kier molecular flexibility index (Phi) is 9.36. The Morgan fingerprint density at radius 1 is 1.00 bits per heavy atom. The summed E-state index contributed by atoms with van der Waals surface area (Å²) in [5.41, 5.74) is 2.85. The van der Waals surface area contributed by atoms with E-state index in [1.165, 1.54) is 49.9 Å². The lowest BCUT2D eigenvalue weighted by atomic mass is 10.0. The van der Waals surface area contributed by atoms with E-state index in [4.69, 9.17) is 0 Å². The Morgan fingerprint density at radius 3 is 2.14 bits per heavy atom. The van der Waals surface area contributed by atoms with Crippen LogP contribution in [0, 0.1) is 6.92 Å². The Hall–Kier alpha value is -0.860. The van der Waals surface area contributed by atoms with Gasteiger partial charge in [0.05, 0.1) is 0 Å². The molecule has 1 N–H and O–H groups in total. The van der Waals surface area contributed by atoms with Gasteiger partial charge in [0, 0.05) is 12.6 Å². The molecule has 0 amide bonds. The highest BCUT2D eigenvalue weighted by Crippen LogP contribution is 2.19. The van der Waals surface area contributed by atoms with Crippen LogP contribution in [-0.4, -0.2) is 31.1 Å². The van der Waals surface area contributed by atoms with Crippen molar-refractivity contribution in [1.29, 1.82) is 0 Å². The number of nitrogens with zero attached hydrogens (tertiary/aromatic N) is 1. The van der Waals surface area contributed by atoms with Gasteiger partial charge in [0.15, 0.2) is 0 Å². The van der Waals surface area contributed by atoms with E-state index in [9.17, 15) is 0 Å². The largest absolute Gasteiger partial charge is 0.309 e. The van der Waals surface area contributed by atoms with E-state index in [0.29, 0.717) is 6.04 Å². The molecule has 1 rings (SSSR count). The van der Waals surface area contributed by atoms with E-state index in [0.717, 1.165) is 13.1 Å². The molecule has 0 bridgehead atoms. The molecule has 2 nitrogen and oxygen atoms in total. The summed E-state index contributed by atoms with van der Waals surface area (Å²) in [6, 6.07) is 9.25.